The van der Waals surface area contributed by atoms with Crippen molar-refractivity contribution in [2.24, 2.45) is 0 Å². The van der Waals surface area contributed by atoms with E-state index in [0.29, 0.717) is 6.61 Å². The van der Waals surface area contributed by atoms with Crippen molar-refractivity contribution in [3.05, 3.63) is 0 Å². The second-order valence-electron chi connectivity index (χ2n) is 4.15. The summed E-state index contributed by atoms with van der Waals surface area (Å²) in [7, 11) is 1.47. The van der Waals surface area contributed by atoms with E-state index < -0.39 is 24.1 Å². The van der Waals surface area contributed by atoms with Crippen LogP contribution in [0.15, 0.2) is 0 Å². The lowest BCUT2D eigenvalue weighted by atomic mass is 10.2. The molecule has 3 amide bonds. The van der Waals surface area contributed by atoms with E-state index in [9.17, 15) is 14.4 Å². The van der Waals surface area contributed by atoms with Crippen LogP contribution in [0.25, 0.3) is 0 Å². The van der Waals surface area contributed by atoms with E-state index in [2.05, 4.69) is 10.6 Å². The quantitative estimate of drug-likeness (QED) is 0.609. The van der Waals surface area contributed by atoms with Gasteiger partial charge in [0.2, 0.25) is 5.91 Å². The summed E-state index contributed by atoms with van der Waals surface area (Å²) in [6.45, 7) is 2.34. The Morgan fingerprint density at radius 2 is 2.16 bits per heavy atom. The zero-order chi connectivity index (χ0) is 14.4. The van der Waals surface area contributed by atoms with Crippen LogP contribution in [0, 0.1) is 0 Å². The molecule has 3 N–H and O–H groups in total. The first kappa shape index (κ1) is 15.2. The molecular weight excluding hydrogens is 254 g/mol. The Hall–Kier alpha value is -1.83. The van der Waals surface area contributed by atoms with Gasteiger partial charge in [-0.05, 0) is 6.42 Å². The average Bonchev–Trinajstić information content (AvgIpc) is 2.43. The standard InChI is InChI=1S/C11H19N3O5/c1-3-7(10(16)17)13-11(18)14-4-5-19-6-8(14)9(15)12-2/h7-8H,3-6H2,1-2H3,(H,12,15)(H,13,18)(H,16,17). The molecule has 8 heteroatoms. The monoisotopic (exact) mass is 273 g/mol. The number of carboxylic acid groups (broad SMARTS) is 1. The molecule has 8 nitrogen and oxygen atoms in total. The first-order valence-electron chi connectivity index (χ1n) is 6.10. The molecule has 19 heavy (non-hydrogen) atoms. The molecule has 0 aromatic carbocycles. The number of hydrogen-bond donors (Lipinski definition) is 3. The molecule has 0 saturated carbocycles. The number of nitrogens with one attached hydrogen (secondary N) is 2. The second kappa shape index (κ2) is 6.93. The van der Waals surface area contributed by atoms with Gasteiger partial charge in [-0.15, -0.1) is 0 Å². The topological polar surface area (TPSA) is 108 Å². The number of carbonyl (C=O) groups is 3. The van der Waals surface area contributed by atoms with Crippen molar-refractivity contribution in [3.63, 3.8) is 0 Å². The summed E-state index contributed by atoms with van der Waals surface area (Å²) in [5.74, 6) is -1.43. The molecular formula is C11H19N3O5. The number of morpholine rings is 1. The Kier molecular flexibility index (Phi) is 5.56. The fourth-order valence-corrected chi connectivity index (χ4v) is 1.80. The highest BCUT2D eigenvalue weighted by Gasteiger charge is 2.33. The molecule has 1 rings (SSSR count). The van der Waals surface area contributed by atoms with Gasteiger partial charge in [-0.2, -0.15) is 0 Å². The van der Waals surface area contributed by atoms with Gasteiger partial charge in [0.05, 0.1) is 13.2 Å². The van der Waals surface area contributed by atoms with Gasteiger partial charge in [-0.25, -0.2) is 9.59 Å². The lowest BCUT2D eigenvalue weighted by Crippen LogP contribution is -2.59. The maximum atomic E-state index is 12.0. The molecule has 2 atom stereocenters. The van der Waals surface area contributed by atoms with Crippen molar-refractivity contribution in [1.29, 1.82) is 0 Å². The SMILES string of the molecule is CCC(NC(=O)N1CCOCC1C(=O)NC)C(=O)O. The Balaban J connectivity index is 2.71. The molecule has 0 aromatic rings. The summed E-state index contributed by atoms with van der Waals surface area (Å²) >= 11 is 0. The molecule has 2 unspecified atom stereocenters. The first-order valence-corrected chi connectivity index (χ1v) is 6.10. The van der Waals surface area contributed by atoms with E-state index in [1.165, 1.54) is 11.9 Å². The van der Waals surface area contributed by atoms with Crippen LogP contribution < -0.4 is 10.6 Å². The van der Waals surface area contributed by atoms with E-state index in [4.69, 9.17) is 9.84 Å². The summed E-state index contributed by atoms with van der Waals surface area (Å²) in [6, 6.07) is -2.25. The van der Waals surface area contributed by atoms with Crippen molar-refractivity contribution < 1.29 is 24.2 Å². The average molecular weight is 273 g/mol. The second-order valence-corrected chi connectivity index (χ2v) is 4.15. The third-order valence-electron chi connectivity index (χ3n) is 2.94. The predicted molar refractivity (Wildman–Crippen MR) is 65.6 cm³/mol. The zero-order valence-electron chi connectivity index (χ0n) is 11.0. The fourth-order valence-electron chi connectivity index (χ4n) is 1.80. The number of amides is 3. The van der Waals surface area contributed by atoms with Gasteiger partial charge in [0.15, 0.2) is 0 Å². The van der Waals surface area contributed by atoms with E-state index in [1.54, 1.807) is 6.92 Å². The number of hydrogen-bond acceptors (Lipinski definition) is 4. The van der Waals surface area contributed by atoms with Crippen molar-refractivity contribution in [3.8, 4) is 0 Å². The number of aliphatic carboxylic acids is 1. The maximum Gasteiger partial charge on any atom is 0.326 e. The number of rotatable bonds is 4. The Labute approximate surface area is 111 Å². The van der Waals surface area contributed by atoms with Crippen LogP contribution >= 0.6 is 0 Å². The molecule has 0 aliphatic carbocycles. The largest absolute Gasteiger partial charge is 0.480 e. The number of carbonyl (C=O) groups excluding carboxylic acids is 2. The Morgan fingerprint density at radius 1 is 1.47 bits per heavy atom. The summed E-state index contributed by atoms with van der Waals surface area (Å²) in [5, 5.41) is 13.8. The third kappa shape index (κ3) is 3.82. The molecule has 108 valence electrons. The zero-order valence-corrected chi connectivity index (χ0v) is 11.0. The number of nitrogens with zero attached hydrogens (tertiary/aromatic N) is 1. The number of likely N-dealkylation sites (N-methyl/N-ethyl adjacent to an activating group) is 1. The number of urea groups is 1. The van der Waals surface area contributed by atoms with Crippen LogP contribution in [0.4, 0.5) is 4.79 Å². The van der Waals surface area contributed by atoms with Crippen LogP contribution in [0.5, 0.6) is 0 Å². The number of ether oxygens (including phenoxy) is 1. The van der Waals surface area contributed by atoms with Crippen molar-refractivity contribution in [1.82, 2.24) is 15.5 Å². The lowest BCUT2D eigenvalue weighted by molar-refractivity contribution is -0.139. The molecule has 0 spiro atoms. The van der Waals surface area contributed by atoms with Crippen molar-refractivity contribution >= 4 is 17.9 Å². The van der Waals surface area contributed by atoms with Gasteiger partial charge in [-0.3, -0.25) is 4.79 Å². The molecule has 0 bridgehead atoms. The minimum Gasteiger partial charge on any atom is -0.480 e. The minimum absolute atomic E-state index is 0.108. The van der Waals surface area contributed by atoms with Crippen LogP contribution in [0.1, 0.15) is 13.3 Å². The Morgan fingerprint density at radius 3 is 2.68 bits per heavy atom. The molecule has 0 aromatic heterocycles. The highest BCUT2D eigenvalue weighted by molar-refractivity contribution is 5.89. The van der Waals surface area contributed by atoms with Gasteiger partial charge >= 0.3 is 12.0 Å². The van der Waals surface area contributed by atoms with E-state index in [1.807, 2.05) is 0 Å². The highest BCUT2D eigenvalue weighted by atomic mass is 16.5. The smallest absolute Gasteiger partial charge is 0.326 e. The normalized spacial score (nSPS) is 20.5. The molecule has 1 aliphatic rings. The molecule has 1 saturated heterocycles. The maximum absolute atomic E-state index is 12.0. The van der Waals surface area contributed by atoms with E-state index >= 15 is 0 Å². The Bertz CT molecular complexity index is 360. The van der Waals surface area contributed by atoms with Gasteiger partial charge < -0.3 is 25.4 Å². The minimum atomic E-state index is -1.10. The highest BCUT2D eigenvalue weighted by Crippen LogP contribution is 2.08. The van der Waals surface area contributed by atoms with E-state index in [0.717, 1.165) is 0 Å². The van der Waals surface area contributed by atoms with Crippen molar-refractivity contribution in [2.75, 3.05) is 26.8 Å². The summed E-state index contributed by atoms with van der Waals surface area (Å²) < 4.78 is 5.17. The van der Waals surface area contributed by atoms with Crippen LogP contribution in [-0.4, -0.2) is 66.8 Å². The molecule has 0 radical (unpaired) electrons. The van der Waals surface area contributed by atoms with Crippen LogP contribution in [0.2, 0.25) is 0 Å². The number of carboxylic acids is 1. The molecule has 1 heterocycles. The van der Waals surface area contributed by atoms with E-state index in [-0.39, 0.29) is 25.5 Å². The first-order chi connectivity index (χ1) is 9.01. The van der Waals surface area contributed by atoms with Crippen molar-refractivity contribution in [2.45, 2.75) is 25.4 Å². The fraction of sp³-hybridized carbons (Fsp3) is 0.727. The van der Waals surface area contributed by atoms with Gasteiger partial charge in [-0.1, -0.05) is 6.92 Å². The van der Waals surface area contributed by atoms with Crippen LogP contribution in [-0.2, 0) is 14.3 Å². The predicted octanol–water partition coefficient (Wildman–Crippen LogP) is -0.994. The lowest BCUT2D eigenvalue weighted by Gasteiger charge is -2.34. The summed E-state index contributed by atoms with van der Waals surface area (Å²) in [6.07, 6.45) is 0.274. The van der Waals surface area contributed by atoms with Gasteiger partial charge in [0.1, 0.15) is 12.1 Å². The molecule has 1 fully saturated rings. The van der Waals surface area contributed by atoms with Gasteiger partial charge in [0, 0.05) is 13.6 Å². The van der Waals surface area contributed by atoms with Crippen LogP contribution in [0.3, 0.4) is 0 Å². The third-order valence-corrected chi connectivity index (χ3v) is 2.94. The molecule has 1 aliphatic heterocycles. The summed E-state index contributed by atoms with van der Waals surface area (Å²) in [5.41, 5.74) is 0. The van der Waals surface area contributed by atoms with Gasteiger partial charge in [0.25, 0.3) is 0 Å². The summed E-state index contributed by atoms with van der Waals surface area (Å²) in [4.78, 5) is 35.8.